The third kappa shape index (κ3) is 3.49. The molecule has 1 unspecified atom stereocenters. The second kappa shape index (κ2) is 5.86. The van der Waals surface area contributed by atoms with Gasteiger partial charge in [0.1, 0.15) is 0 Å². The minimum atomic E-state index is 0.843. The second-order valence-corrected chi connectivity index (χ2v) is 4.77. The average molecular weight is 215 g/mol. The first-order valence-corrected chi connectivity index (χ1v) is 6.26. The summed E-state index contributed by atoms with van der Waals surface area (Å²) in [6.07, 6.45) is 8.48. The Labute approximate surface area is 98.6 Å². The Hall–Kier alpha value is -1.08. The van der Waals surface area contributed by atoms with E-state index in [2.05, 4.69) is 48.7 Å². The van der Waals surface area contributed by atoms with Crippen molar-refractivity contribution in [3.05, 3.63) is 47.5 Å². The molecular formula is C15H21N. The predicted molar refractivity (Wildman–Crippen MR) is 69.4 cm³/mol. The van der Waals surface area contributed by atoms with E-state index in [1.165, 1.54) is 30.4 Å². The highest BCUT2D eigenvalue weighted by atomic mass is 14.9. The van der Waals surface area contributed by atoms with Gasteiger partial charge >= 0.3 is 0 Å². The topological polar surface area (TPSA) is 12.0 Å². The van der Waals surface area contributed by atoms with E-state index in [1.807, 2.05) is 0 Å². The van der Waals surface area contributed by atoms with Crippen LogP contribution in [0.5, 0.6) is 0 Å². The summed E-state index contributed by atoms with van der Waals surface area (Å²) >= 11 is 0. The summed E-state index contributed by atoms with van der Waals surface area (Å²) in [5.41, 5.74) is 2.72. The highest BCUT2D eigenvalue weighted by Crippen LogP contribution is 2.17. The van der Waals surface area contributed by atoms with Crippen molar-refractivity contribution < 1.29 is 0 Å². The predicted octanol–water partition coefficient (Wildman–Crippen LogP) is 3.44. The lowest BCUT2D eigenvalue weighted by Gasteiger charge is -2.18. The van der Waals surface area contributed by atoms with Crippen molar-refractivity contribution in [2.45, 2.75) is 32.7 Å². The molecule has 2 rings (SSSR count). The molecule has 0 fully saturated rings. The van der Waals surface area contributed by atoms with E-state index in [9.17, 15) is 0 Å². The van der Waals surface area contributed by atoms with E-state index in [0.717, 1.165) is 19.0 Å². The Morgan fingerprint density at radius 2 is 2.00 bits per heavy atom. The SMILES string of the molecule is Cc1ccc(CNCC2CC=CCC2)cc1. The molecule has 0 radical (unpaired) electrons. The van der Waals surface area contributed by atoms with Crippen LogP contribution in [0.1, 0.15) is 30.4 Å². The normalized spacial score (nSPS) is 19.9. The second-order valence-electron chi connectivity index (χ2n) is 4.77. The quantitative estimate of drug-likeness (QED) is 0.759. The van der Waals surface area contributed by atoms with E-state index >= 15 is 0 Å². The smallest absolute Gasteiger partial charge is 0.0205 e. The summed E-state index contributed by atoms with van der Waals surface area (Å²) in [5, 5.41) is 3.56. The van der Waals surface area contributed by atoms with Crippen molar-refractivity contribution in [1.29, 1.82) is 0 Å². The Morgan fingerprint density at radius 3 is 2.69 bits per heavy atom. The Kier molecular flexibility index (Phi) is 4.17. The van der Waals surface area contributed by atoms with E-state index in [4.69, 9.17) is 0 Å². The van der Waals surface area contributed by atoms with Crippen LogP contribution in [0.15, 0.2) is 36.4 Å². The molecule has 1 nitrogen and oxygen atoms in total. The highest BCUT2D eigenvalue weighted by molar-refractivity contribution is 5.21. The monoisotopic (exact) mass is 215 g/mol. The zero-order chi connectivity index (χ0) is 11.2. The Bertz CT molecular complexity index is 337. The lowest BCUT2D eigenvalue weighted by atomic mass is 9.94. The fraction of sp³-hybridized carbons (Fsp3) is 0.467. The highest BCUT2D eigenvalue weighted by Gasteiger charge is 2.08. The number of hydrogen-bond acceptors (Lipinski definition) is 1. The minimum absolute atomic E-state index is 0.843. The Balaban J connectivity index is 1.71. The molecule has 0 bridgehead atoms. The lowest BCUT2D eigenvalue weighted by molar-refractivity contribution is 0.440. The van der Waals surface area contributed by atoms with Gasteiger partial charge in [0.05, 0.1) is 0 Å². The number of nitrogens with one attached hydrogen (secondary N) is 1. The van der Waals surface area contributed by atoms with Gasteiger partial charge in [-0.15, -0.1) is 0 Å². The molecule has 1 heteroatoms. The molecule has 0 heterocycles. The van der Waals surface area contributed by atoms with Crippen LogP contribution in [0.2, 0.25) is 0 Å². The van der Waals surface area contributed by atoms with Gasteiger partial charge in [0, 0.05) is 6.54 Å². The first kappa shape index (κ1) is 11.4. The van der Waals surface area contributed by atoms with Gasteiger partial charge in [-0.1, -0.05) is 42.0 Å². The summed E-state index contributed by atoms with van der Waals surface area (Å²) < 4.78 is 0. The maximum Gasteiger partial charge on any atom is 0.0205 e. The molecule has 1 aliphatic carbocycles. The van der Waals surface area contributed by atoms with Crippen LogP contribution in [-0.4, -0.2) is 6.54 Å². The molecule has 16 heavy (non-hydrogen) atoms. The van der Waals surface area contributed by atoms with Gasteiger partial charge in [-0.25, -0.2) is 0 Å². The van der Waals surface area contributed by atoms with E-state index in [0.29, 0.717) is 0 Å². The van der Waals surface area contributed by atoms with Crippen LogP contribution in [0.3, 0.4) is 0 Å². The number of allylic oxidation sites excluding steroid dienone is 2. The summed E-state index contributed by atoms with van der Waals surface area (Å²) in [6, 6.07) is 8.78. The van der Waals surface area contributed by atoms with Crippen LogP contribution in [0.25, 0.3) is 0 Å². The molecule has 0 saturated carbocycles. The van der Waals surface area contributed by atoms with Crippen molar-refractivity contribution >= 4 is 0 Å². The molecule has 1 N–H and O–H groups in total. The summed E-state index contributed by atoms with van der Waals surface area (Å²) in [7, 11) is 0. The molecule has 86 valence electrons. The van der Waals surface area contributed by atoms with Gasteiger partial charge in [0.15, 0.2) is 0 Å². The third-order valence-corrected chi connectivity index (χ3v) is 3.26. The third-order valence-electron chi connectivity index (χ3n) is 3.26. The number of hydrogen-bond donors (Lipinski definition) is 1. The molecule has 0 aromatic heterocycles. The standard InChI is InChI=1S/C15H21N/c1-13-7-9-15(10-8-13)12-16-11-14-5-3-2-4-6-14/h2-3,7-10,14,16H,4-6,11-12H2,1H3. The fourth-order valence-corrected chi connectivity index (χ4v) is 2.17. The van der Waals surface area contributed by atoms with Gasteiger partial charge in [-0.3, -0.25) is 0 Å². The molecule has 1 aromatic carbocycles. The average Bonchev–Trinajstić information content (AvgIpc) is 2.33. The molecule has 0 amide bonds. The molecule has 0 spiro atoms. The first-order valence-electron chi connectivity index (χ1n) is 6.26. The van der Waals surface area contributed by atoms with Crippen LogP contribution < -0.4 is 5.32 Å². The van der Waals surface area contributed by atoms with Crippen LogP contribution >= 0.6 is 0 Å². The number of aryl methyl sites for hydroxylation is 1. The molecular weight excluding hydrogens is 194 g/mol. The van der Waals surface area contributed by atoms with Crippen molar-refractivity contribution in [2.24, 2.45) is 5.92 Å². The van der Waals surface area contributed by atoms with Crippen molar-refractivity contribution in [1.82, 2.24) is 5.32 Å². The number of benzene rings is 1. The fourth-order valence-electron chi connectivity index (χ4n) is 2.17. The van der Waals surface area contributed by atoms with Gasteiger partial charge < -0.3 is 5.32 Å². The maximum absolute atomic E-state index is 3.56. The first-order chi connectivity index (χ1) is 7.84. The minimum Gasteiger partial charge on any atom is -0.312 e. The molecule has 1 atom stereocenters. The summed E-state index contributed by atoms with van der Waals surface area (Å²) in [4.78, 5) is 0. The van der Waals surface area contributed by atoms with Crippen molar-refractivity contribution in [2.75, 3.05) is 6.54 Å². The lowest BCUT2D eigenvalue weighted by Crippen LogP contribution is -2.23. The van der Waals surface area contributed by atoms with E-state index in [-0.39, 0.29) is 0 Å². The van der Waals surface area contributed by atoms with Gasteiger partial charge in [-0.2, -0.15) is 0 Å². The molecule has 1 aromatic rings. The zero-order valence-electron chi connectivity index (χ0n) is 10.1. The van der Waals surface area contributed by atoms with Crippen LogP contribution in [0, 0.1) is 12.8 Å². The van der Waals surface area contributed by atoms with Crippen LogP contribution in [-0.2, 0) is 6.54 Å². The van der Waals surface area contributed by atoms with E-state index < -0.39 is 0 Å². The molecule has 1 aliphatic rings. The van der Waals surface area contributed by atoms with Gasteiger partial charge in [0.2, 0.25) is 0 Å². The Morgan fingerprint density at radius 1 is 1.19 bits per heavy atom. The van der Waals surface area contributed by atoms with Crippen molar-refractivity contribution in [3.63, 3.8) is 0 Å². The summed E-state index contributed by atoms with van der Waals surface area (Å²) in [5.74, 6) is 0.843. The molecule has 0 saturated heterocycles. The van der Waals surface area contributed by atoms with Crippen molar-refractivity contribution in [3.8, 4) is 0 Å². The molecule has 0 aliphatic heterocycles. The summed E-state index contributed by atoms with van der Waals surface area (Å²) in [6.45, 7) is 4.28. The maximum atomic E-state index is 3.56. The number of rotatable bonds is 4. The largest absolute Gasteiger partial charge is 0.312 e. The zero-order valence-corrected chi connectivity index (χ0v) is 10.1. The van der Waals surface area contributed by atoms with E-state index in [1.54, 1.807) is 0 Å². The van der Waals surface area contributed by atoms with Gasteiger partial charge in [0.25, 0.3) is 0 Å². The van der Waals surface area contributed by atoms with Gasteiger partial charge in [-0.05, 0) is 44.2 Å². The van der Waals surface area contributed by atoms with Crippen LogP contribution in [0.4, 0.5) is 0 Å².